The van der Waals surface area contributed by atoms with E-state index in [1.165, 1.54) is 5.57 Å². The minimum absolute atomic E-state index is 0.0530. The maximum atomic E-state index is 12.7. The average Bonchev–Trinajstić information content (AvgIpc) is 3.67. The Kier molecular flexibility index (Phi) is 18.7. The molecule has 4 saturated carbocycles. The molecular formula is C55H94O21. The van der Waals surface area contributed by atoms with Gasteiger partial charge in [0.15, 0.2) is 18.9 Å². The molecule has 440 valence electrons. The van der Waals surface area contributed by atoms with E-state index < -0.39 is 152 Å². The molecule has 0 spiro atoms. The molecule has 21 heteroatoms. The third kappa shape index (κ3) is 11.0. The number of aliphatic hydroxyl groups excluding tert-OH is 13. The lowest BCUT2D eigenvalue weighted by Crippen LogP contribution is -2.65. The van der Waals surface area contributed by atoms with Gasteiger partial charge in [-0.15, -0.1) is 0 Å². The van der Waals surface area contributed by atoms with Gasteiger partial charge < -0.3 is 105 Å². The van der Waals surface area contributed by atoms with Gasteiger partial charge in [-0.05, 0) is 113 Å². The van der Waals surface area contributed by atoms with Crippen LogP contribution in [0.4, 0.5) is 0 Å². The fraction of sp³-hybridized carbons (Fsp3) is 0.964. The Hall–Kier alpha value is -1.10. The highest BCUT2D eigenvalue weighted by molar-refractivity contribution is 5.32. The first-order valence-corrected chi connectivity index (χ1v) is 28.2. The van der Waals surface area contributed by atoms with Crippen molar-refractivity contribution in [2.45, 2.75) is 254 Å². The molecule has 0 aromatic carbocycles. The summed E-state index contributed by atoms with van der Waals surface area (Å²) in [6, 6.07) is 0. The van der Waals surface area contributed by atoms with E-state index in [-0.39, 0.29) is 79.5 Å². The summed E-state index contributed by atoms with van der Waals surface area (Å²) >= 11 is 0. The molecule has 8 aliphatic rings. The summed E-state index contributed by atoms with van der Waals surface area (Å²) in [5, 5.41) is 152. The molecule has 3 saturated heterocycles. The average molecular weight is 1090 g/mol. The number of rotatable bonds is 17. The van der Waals surface area contributed by atoms with Gasteiger partial charge >= 0.3 is 0 Å². The van der Waals surface area contributed by atoms with E-state index in [0.717, 1.165) is 25.7 Å². The molecule has 0 bridgehead atoms. The van der Waals surface area contributed by atoms with Crippen LogP contribution in [0, 0.1) is 51.2 Å². The molecule has 8 rings (SSSR count). The zero-order valence-electron chi connectivity index (χ0n) is 45.7. The zero-order valence-corrected chi connectivity index (χ0v) is 45.7. The minimum Gasteiger partial charge on any atom is -0.396 e. The van der Waals surface area contributed by atoms with Gasteiger partial charge in [0.2, 0.25) is 0 Å². The van der Waals surface area contributed by atoms with E-state index in [9.17, 15) is 71.5 Å². The van der Waals surface area contributed by atoms with Crippen LogP contribution in [0.3, 0.4) is 0 Å². The van der Waals surface area contributed by atoms with Crippen molar-refractivity contribution in [3.05, 3.63) is 11.6 Å². The zero-order chi connectivity index (χ0) is 55.8. The second-order valence-electron chi connectivity index (χ2n) is 26.2. The summed E-state index contributed by atoms with van der Waals surface area (Å²) in [7, 11) is 0. The fourth-order valence-electron chi connectivity index (χ4n) is 16.0. The normalized spacial score (nSPS) is 50.5. The topological polar surface area (TPSA) is 348 Å². The van der Waals surface area contributed by atoms with Gasteiger partial charge in [0.05, 0.1) is 61.5 Å². The standard InChI is InChI=1S/C55H94O21/c1-25(28-15-17-53(6)35-12-10-29-30(55(35,8)36(60)21-54(28,53)7)11-14-37(51(29,2)3)73-33-19-26(22-57)39(61)44(66)42(33)64)9-13-38(52(4,5)69)75-50-47(76-49-46(68)40(62)32(59)23-70-49)45(67)43(65)34(74-50)24-71-48-41(63)31(58)20-27(72-48)16-18-56/h10,25-28,30-50,56-69H,9,11-24H2,1-8H3/t25-,26-,27-,28-,30-,31+,32+,33-,34-,35+,36-,37+,38-,39-,40-,41-,42+,43-,44+,45+,46-,47-,48-,49+,50+,53+,54-,55+/m1/s1. The molecule has 0 aromatic heterocycles. The lowest BCUT2D eigenvalue weighted by molar-refractivity contribution is -0.372. The predicted molar refractivity (Wildman–Crippen MR) is 268 cm³/mol. The molecule has 14 N–H and O–H groups in total. The van der Waals surface area contributed by atoms with Gasteiger partial charge in [-0.2, -0.15) is 0 Å². The number of fused-ring (bicyclic) bond motifs is 5. The minimum atomic E-state index is -1.81. The maximum absolute atomic E-state index is 12.7. The van der Waals surface area contributed by atoms with Crippen molar-refractivity contribution in [3.63, 3.8) is 0 Å². The summed E-state index contributed by atoms with van der Waals surface area (Å²) in [5.41, 5.74) is -1.65. The van der Waals surface area contributed by atoms with E-state index in [2.05, 4.69) is 47.6 Å². The first-order chi connectivity index (χ1) is 35.5. The van der Waals surface area contributed by atoms with E-state index in [0.29, 0.717) is 19.3 Å². The molecule has 3 heterocycles. The first-order valence-electron chi connectivity index (χ1n) is 28.2. The summed E-state index contributed by atoms with van der Waals surface area (Å²) in [6.45, 7) is 15.2. The third-order valence-electron chi connectivity index (χ3n) is 21.0. The summed E-state index contributed by atoms with van der Waals surface area (Å²) in [4.78, 5) is 0. The van der Waals surface area contributed by atoms with Crippen LogP contribution in [0.2, 0.25) is 0 Å². The fourth-order valence-corrected chi connectivity index (χ4v) is 16.0. The first kappa shape index (κ1) is 61.0. The Balaban J connectivity index is 0.974. The van der Waals surface area contributed by atoms with Crippen molar-refractivity contribution < 1.29 is 105 Å². The largest absolute Gasteiger partial charge is 0.396 e. The Bertz CT molecular complexity index is 1950. The second kappa shape index (κ2) is 23.3. The molecule has 76 heavy (non-hydrogen) atoms. The number of aliphatic hydroxyl groups is 14. The van der Waals surface area contributed by atoms with Crippen LogP contribution in [0.15, 0.2) is 11.6 Å². The van der Waals surface area contributed by atoms with Crippen LogP contribution < -0.4 is 0 Å². The molecule has 3 aliphatic heterocycles. The lowest BCUT2D eigenvalue weighted by Gasteiger charge is -2.67. The van der Waals surface area contributed by atoms with E-state index in [1.54, 1.807) is 13.8 Å². The molecule has 0 aromatic rings. The van der Waals surface area contributed by atoms with Crippen LogP contribution >= 0.6 is 0 Å². The number of ether oxygens (including phenoxy) is 7. The van der Waals surface area contributed by atoms with Gasteiger partial charge in [0.1, 0.15) is 61.0 Å². The molecule has 28 atom stereocenters. The number of hydrogen-bond donors (Lipinski definition) is 14. The van der Waals surface area contributed by atoms with Gasteiger partial charge in [0.25, 0.3) is 0 Å². The van der Waals surface area contributed by atoms with Gasteiger partial charge in [-0.3, -0.25) is 0 Å². The Labute approximate surface area is 447 Å². The molecule has 0 amide bonds. The SMILES string of the molecule is C[C@H](CC[C@@H](O[C@@H]1O[C@H](CO[C@@H]2O[C@H](CCO)C[C@H](O)[C@H]2O)[C@@H](O)[C@H](O)[C@H]1O[C@@H]1OC[C@H](O)[C@@H](O)[C@H]1O)C(C)(C)O)[C@H]1CC[C@@]2(C)[C@@H]3CC=C4[C@@H](CC[C@H](O[C@@H]5C[C@H](CO)[C@@H](O)[C@H](O)[C@H]5O)C4(C)C)[C@]3(C)[C@H](O)C[C@]12C. The molecule has 0 unspecified atom stereocenters. The van der Waals surface area contributed by atoms with Crippen molar-refractivity contribution in [3.8, 4) is 0 Å². The van der Waals surface area contributed by atoms with Crippen molar-refractivity contribution in [2.24, 2.45) is 51.2 Å². The smallest absolute Gasteiger partial charge is 0.187 e. The Morgan fingerprint density at radius 3 is 2.11 bits per heavy atom. The second-order valence-corrected chi connectivity index (χ2v) is 26.2. The van der Waals surface area contributed by atoms with Gasteiger partial charge in [0, 0.05) is 36.4 Å². The summed E-state index contributed by atoms with van der Waals surface area (Å²) in [6.07, 6.45) is -17.6. The van der Waals surface area contributed by atoms with Crippen molar-refractivity contribution in [1.29, 1.82) is 0 Å². The highest BCUT2D eigenvalue weighted by Gasteiger charge is 2.70. The molecular weight excluding hydrogens is 997 g/mol. The molecule has 0 radical (unpaired) electrons. The van der Waals surface area contributed by atoms with E-state index >= 15 is 0 Å². The maximum Gasteiger partial charge on any atom is 0.187 e. The number of hydrogen-bond acceptors (Lipinski definition) is 21. The Morgan fingerprint density at radius 2 is 1.43 bits per heavy atom. The highest BCUT2D eigenvalue weighted by atomic mass is 16.8. The van der Waals surface area contributed by atoms with E-state index in [4.69, 9.17) is 33.2 Å². The van der Waals surface area contributed by atoms with Crippen molar-refractivity contribution in [1.82, 2.24) is 0 Å². The van der Waals surface area contributed by atoms with Crippen LogP contribution in [-0.2, 0) is 33.2 Å². The number of allylic oxidation sites excluding steroid dienone is 1. The lowest BCUT2D eigenvalue weighted by atomic mass is 9.38. The van der Waals surface area contributed by atoms with Gasteiger partial charge in [-0.25, -0.2) is 0 Å². The monoisotopic (exact) mass is 1090 g/mol. The van der Waals surface area contributed by atoms with Gasteiger partial charge in [-0.1, -0.05) is 53.2 Å². The Morgan fingerprint density at radius 1 is 0.724 bits per heavy atom. The third-order valence-corrected chi connectivity index (χ3v) is 21.0. The van der Waals surface area contributed by atoms with Crippen LogP contribution in [-0.4, -0.2) is 226 Å². The van der Waals surface area contributed by atoms with Crippen molar-refractivity contribution in [2.75, 3.05) is 26.4 Å². The van der Waals surface area contributed by atoms with Crippen molar-refractivity contribution >= 4 is 0 Å². The molecule has 21 nitrogen and oxygen atoms in total. The van der Waals surface area contributed by atoms with Crippen LogP contribution in [0.25, 0.3) is 0 Å². The quantitative estimate of drug-likeness (QED) is 0.0816. The predicted octanol–water partition coefficient (Wildman–Crippen LogP) is -0.510. The summed E-state index contributed by atoms with van der Waals surface area (Å²) < 4.78 is 42.7. The summed E-state index contributed by atoms with van der Waals surface area (Å²) in [5.74, 6) is -0.160. The molecule has 5 aliphatic carbocycles. The highest BCUT2D eigenvalue weighted by Crippen LogP contribution is 2.75. The van der Waals surface area contributed by atoms with E-state index in [1.807, 2.05) is 0 Å². The van der Waals surface area contributed by atoms with Crippen LogP contribution in [0.5, 0.6) is 0 Å². The van der Waals surface area contributed by atoms with Crippen LogP contribution in [0.1, 0.15) is 126 Å². The molecule has 7 fully saturated rings.